The fourth-order valence-electron chi connectivity index (χ4n) is 3.45. The quantitative estimate of drug-likeness (QED) is 0.360. The summed E-state index contributed by atoms with van der Waals surface area (Å²) < 4.78 is 42.5. The maximum Gasteiger partial charge on any atom is 0.416 e. The lowest BCUT2D eigenvalue weighted by atomic mass is 10.2. The number of amides is 1. The van der Waals surface area contributed by atoms with Gasteiger partial charge in [-0.05, 0) is 43.7 Å². The van der Waals surface area contributed by atoms with E-state index in [-0.39, 0.29) is 11.6 Å². The Balaban J connectivity index is 1.62. The van der Waals surface area contributed by atoms with Crippen molar-refractivity contribution in [1.29, 1.82) is 0 Å². The summed E-state index contributed by atoms with van der Waals surface area (Å²) in [5, 5.41) is 16.4. The van der Waals surface area contributed by atoms with Crippen LogP contribution in [0.15, 0.2) is 35.6 Å². The molecule has 0 saturated carbocycles. The first-order valence-electron chi connectivity index (χ1n) is 10.6. The van der Waals surface area contributed by atoms with E-state index in [1.54, 1.807) is 18.7 Å². The molecule has 0 unspecified atom stereocenters. The number of hydrogen-bond donors (Lipinski definition) is 1. The van der Waals surface area contributed by atoms with Gasteiger partial charge in [0, 0.05) is 19.5 Å². The summed E-state index contributed by atoms with van der Waals surface area (Å²) in [5.41, 5.74) is 0.263. The van der Waals surface area contributed by atoms with E-state index in [9.17, 15) is 18.0 Å². The second-order valence-corrected chi connectivity index (χ2v) is 8.84. The van der Waals surface area contributed by atoms with E-state index in [2.05, 4.69) is 39.0 Å². The number of nitrogens with zero attached hydrogens (tertiary/aromatic N) is 5. The number of thioether (sulfide) groups is 1. The molecule has 0 radical (unpaired) electrons. The van der Waals surface area contributed by atoms with Crippen LogP contribution in [0.25, 0.3) is 5.69 Å². The zero-order valence-electron chi connectivity index (χ0n) is 19.0. The predicted octanol–water partition coefficient (Wildman–Crippen LogP) is 4.53. The van der Waals surface area contributed by atoms with Crippen molar-refractivity contribution in [2.75, 3.05) is 12.8 Å². The smallest absolute Gasteiger partial charge is 0.352 e. The molecule has 0 fully saturated rings. The molecule has 0 spiro atoms. The molecule has 0 aliphatic carbocycles. The molecule has 0 saturated heterocycles. The monoisotopic (exact) mass is 480 g/mol. The van der Waals surface area contributed by atoms with E-state index in [1.807, 2.05) is 6.26 Å². The molecule has 3 aromatic rings. The average Bonchev–Trinajstić information content (AvgIpc) is 3.33. The van der Waals surface area contributed by atoms with Crippen molar-refractivity contribution in [2.45, 2.75) is 51.5 Å². The van der Waals surface area contributed by atoms with Crippen LogP contribution in [-0.4, -0.2) is 43.3 Å². The molecule has 1 N–H and O–H groups in total. The number of nitrogens with one attached hydrogen (secondary N) is 1. The van der Waals surface area contributed by atoms with Crippen molar-refractivity contribution in [3.8, 4) is 5.69 Å². The minimum atomic E-state index is -4.45. The van der Waals surface area contributed by atoms with Crippen LogP contribution in [0.2, 0.25) is 0 Å². The fraction of sp³-hybridized carbons (Fsp3) is 0.455. The Morgan fingerprint density at radius 1 is 1.24 bits per heavy atom. The highest BCUT2D eigenvalue weighted by atomic mass is 32.2. The maximum atomic E-state index is 13.0. The third-order valence-corrected chi connectivity index (χ3v) is 5.73. The molecular weight excluding hydrogens is 453 g/mol. The first-order valence-corrected chi connectivity index (χ1v) is 11.8. The largest absolute Gasteiger partial charge is 0.416 e. The van der Waals surface area contributed by atoms with E-state index in [0.29, 0.717) is 36.6 Å². The van der Waals surface area contributed by atoms with Gasteiger partial charge in [-0.15, -0.1) is 10.2 Å². The number of alkyl halides is 3. The summed E-state index contributed by atoms with van der Waals surface area (Å²) in [7, 11) is 0. The van der Waals surface area contributed by atoms with Crippen molar-refractivity contribution >= 4 is 17.7 Å². The predicted molar refractivity (Wildman–Crippen MR) is 121 cm³/mol. The number of aromatic nitrogens is 5. The zero-order chi connectivity index (χ0) is 24.2. The number of carbonyl (C=O) groups is 1. The van der Waals surface area contributed by atoms with Gasteiger partial charge in [0.25, 0.3) is 5.91 Å². The molecule has 2 aromatic heterocycles. The normalized spacial score (nSPS) is 11.9. The summed E-state index contributed by atoms with van der Waals surface area (Å²) in [4.78, 5) is 12.6. The molecule has 0 aliphatic rings. The van der Waals surface area contributed by atoms with Gasteiger partial charge >= 0.3 is 6.18 Å². The van der Waals surface area contributed by atoms with Crippen LogP contribution in [0.1, 0.15) is 47.7 Å². The van der Waals surface area contributed by atoms with E-state index >= 15 is 0 Å². The number of aryl methyl sites for hydroxylation is 1. The molecule has 1 aromatic carbocycles. The Morgan fingerprint density at radius 3 is 2.67 bits per heavy atom. The van der Waals surface area contributed by atoms with Crippen LogP contribution in [0, 0.1) is 12.8 Å². The van der Waals surface area contributed by atoms with Crippen LogP contribution in [-0.2, 0) is 19.1 Å². The number of carbonyl (C=O) groups excluding carboxylic acids is 1. The standard InChI is InChI=1S/C22H27F3N6OS/c1-14(2)13-30-19(28-29-21(30)33-4)9-6-10-26-20(32)18-12-27-31(15(18)3)17-8-5-7-16(11-17)22(23,24)25/h5,7-8,11-12,14H,6,9-10,13H2,1-4H3,(H,26,32). The molecule has 178 valence electrons. The first kappa shape index (κ1) is 24.8. The fourth-order valence-corrected chi connectivity index (χ4v) is 3.98. The molecule has 7 nitrogen and oxygen atoms in total. The van der Waals surface area contributed by atoms with Crippen LogP contribution < -0.4 is 5.32 Å². The molecule has 1 amide bonds. The van der Waals surface area contributed by atoms with Gasteiger partial charge < -0.3 is 9.88 Å². The van der Waals surface area contributed by atoms with Gasteiger partial charge in [0.15, 0.2) is 5.16 Å². The van der Waals surface area contributed by atoms with Crippen molar-refractivity contribution < 1.29 is 18.0 Å². The third kappa shape index (κ3) is 5.95. The highest BCUT2D eigenvalue weighted by Gasteiger charge is 2.30. The van der Waals surface area contributed by atoms with Crippen molar-refractivity contribution in [2.24, 2.45) is 5.92 Å². The lowest BCUT2D eigenvalue weighted by molar-refractivity contribution is -0.137. The maximum absolute atomic E-state index is 13.0. The van der Waals surface area contributed by atoms with Gasteiger partial charge in [-0.3, -0.25) is 4.79 Å². The van der Waals surface area contributed by atoms with Crippen LogP contribution >= 0.6 is 11.8 Å². The number of halogens is 3. The highest BCUT2D eigenvalue weighted by Crippen LogP contribution is 2.30. The molecular formula is C22H27F3N6OS. The number of hydrogen-bond acceptors (Lipinski definition) is 5. The van der Waals surface area contributed by atoms with E-state index < -0.39 is 11.7 Å². The minimum absolute atomic E-state index is 0.246. The molecule has 2 heterocycles. The van der Waals surface area contributed by atoms with Crippen LogP contribution in [0.5, 0.6) is 0 Å². The molecule has 11 heteroatoms. The first-order chi connectivity index (χ1) is 15.6. The molecule has 0 aliphatic heterocycles. The SMILES string of the molecule is CSc1nnc(CCCNC(=O)c2cnn(-c3cccc(C(F)(F)F)c3)c2C)n1CC(C)C. The summed E-state index contributed by atoms with van der Waals surface area (Å²) >= 11 is 1.55. The van der Waals surface area contributed by atoms with Gasteiger partial charge in [-0.2, -0.15) is 18.3 Å². The summed E-state index contributed by atoms with van der Waals surface area (Å²) in [5.74, 6) is 1.02. The minimum Gasteiger partial charge on any atom is -0.352 e. The summed E-state index contributed by atoms with van der Waals surface area (Å²) in [6.07, 6.45) is 0.231. The van der Waals surface area contributed by atoms with Gasteiger partial charge in [-0.25, -0.2) is 4.68 Å². The summed E-state index contributed by atoms with van der Waals surface area (Å²) in [6.45, 7) is 7.18. The number of rotatable bonds is 9. The Hall–Kier alpha value is -2.82. The second kappa shape index (κ2) is 10.4. The van der Waals surface area contributed by atoms with E-state index in [1.165, 1.54) is 23.0 Å². The van der Waals surface area contributed by atoms with Crippen molar-refractivity contribution in [3.63, 3.8) is 0 Å². The summed E-state index contributed by atoms with van der Waals surface area (Å²) in [6, 6.07) is 4.85. The van der Waals surface area contributed by atoms with E-state index in [4.69, 9.17) is 0 Å². The lowest BCUT2D eigenvalue weighted by Gasteiger charge is -2.12. The topological polar surface area (TPSA) is 77.6 Å². The Morgan fingerprint density at radius 2 is 2.00 bits per heavy atom. The van der Waals surface area contributed by atoms with Gasteiger partial charge in [0.05, 0.1) is 28.7 Å². The Labute approximate surface area is 194 Å². The molecule has 3 rings (SSSR count). The third-order valence-electron chi connectivity index (χ3n) is 5.06. The zero-order valence-corrected chi connectivity index (χ0v) is 19.8. The Bertz CT molecular complexity index is 1110. The van der Waals surface area contributed by atoms with Crippen LogP contribution in [0.3, 0.4) is 0 Å². The molecule has 0 atom stereocenters. The van der Waals surface area contributed by atoms with E-state index in [0.717, 1.165) is 29.7 Å². The molecule has 0 bridgehead atoms. The van der Waals surface area contributed by atoms with Crippen LogP contribution in [0.4, 0.5) is 13.2 Å². The molecule has 33 heavy (non-hydrogen) atoms. The van der Waals surface area contributed by atoms with Gasteiger partial charge in [-0.1, -0.05) is 31.7 Å². The van der Waals surface area contributed by atoms with Crippen molar-refractivity contribution in [1.82, 2.24) is 29.9 Å². The lowest BCUT2D eigenvalue weighted by Crippen LogP contribution is -2.25. The van der Waals surface area contributed by atoms with Gasteiger partial charge in [0.1, 0.15) is 5.82 Å². The van der Waals surface area contributed by atoms with Crippen molar-refractivity contribution in [3.05, 3.63) is 53.1 Å². The van der Waals surface area contributed by atoms with Gasteiger partial charge in [0.2, 0.25) is 0 Å². The number of benzene rings is 1. The Kier molecular flexibility index (Phi) is 7.83. The second-order valence-electron chi connectivity index (χ2n) is 8.07. The highest BCUT2D eigenvalue weighted by molar-refractivity contribution is 7.98. The average molecular weight is 481 g/mol.